The topological polar surface area (TPSA) is 101 Å². The number of aromatic nitrogens is 2. The Hall–Kier alpha value is -2.50. The summed E-state index contributed by atoms with van der Waals surface area (Å²) < 4.78 is 0. The first-order valence-electron chi connectivity index (χ1n) is 6.54. The first-order valence-corrected chi connectivity index (χ1v) is 6.54. The van der Waals surface area contributed by atoms with Gasteiger partial charge in [-0.15, -0.1) is 0 Å². The Morgan fingerprint density at radius 1 is 1.25 bits per heavy atom. The Morgan fingerprint density at radius 2 is 1.95 bits per heavy atom. The fraction of sp³-hybridized carbons (Fsp3) is 0.286. The summed E-state index contributed by atoms with van der Waals surface area (Å²) in [5.74, 6) is 0.521. The van der Waals surface area contributed by atoms with Crippen molar-refractivity contribution in [3.8, 4) is 0 Å². The lowest BCUT2D eigenvalue weighted by atomic mass is 10.2. The molecule has 0 fully saturated rings. The maximum absolute atomic E-state index is 11.6. The molecule has 6 nitrogen and oxygen atoms in total. The molecule has 0 aliphatic carbocycles. The fourth-order valence-electron chi connectivity index (χ4n) is 2.03. The van der Waals surface area contributed by atoms with Gasteiger partial charge in [-0.3, -0.25) is 4.79 Å². The summed E-state index contributed by atoms with van der Waals surface area (Å²) in [6.45, 7) is 3.47. The Labute approximate surface area is 117 Å². The van der Waals surface area contributed by atoms with Crippen molar-refractivity contribution in [2.24, 2.45) is 0 Å². The lowest BCUT2D eigenvalue weighted by Crippen LogP contribution is -2.28. The van der Waals surface area contributed by atoms with Gasteiger partial charge in [-0.2, -0.15) is 0 Å². The second-order valence-electron chi connectivity index (χ2n) is 4.63. The van der Waals surface area contributed by atoms with E-state index in [-0.39, 0.29) is 11.2 Å². The number of nitrogens with one attached hydrogen (secondary N) is 1. The molecule has 0 atom stereocenters. The summed E-state index contributed by atoms with van der Waals surface area (Å²) in [7, 11) is 0. The molecule has 0 amide bonds. The number of nitrogens with two attached hydrogens (primary N) is 2. The van der Waals surface area contributed by atoms with E-state index >= 15 is 0 Å². The van der Waals surface area contributed by atoms with Crippen LogP contribution in [0.5, 0.6) is 0 Å². The van der Waals surface area contributed by atoms with Crippen molar-refractivity contribution < 1.29 is 0 Å². The third kappa shape index (κ3) is 3.09. The third-order valence-electron chi connectivity index (χ3n) is 3.01. The number of nitrogen functional groups attached to an aromatic ring is 2. The van der Waals surface area contributed by atoms with Gasteiger partial charge in [0.15, 0.2) is 5.82 Å². The van der Waals surface area contributed by atoms with E-state index in [0.29, 0.717) is 12.4 Å². The van der Waals surface area contributed by atoms with Crippen LogP contribution < -0.4 is 21.9 Å². The maximum Gasteiger partial charge on any atom is 0.276 e. The number of benzene rings is 1. The molecule has 1 aromatic heterocycles. The average molecular weight is 273 g/mol. The minimum absolute atomic E-state index is 0.149. The van der Waals surface area contributed by atoms with Crippen LogP contribution in [0.15, 0.2) is 35.4 Å². The number of aromatic amines is 1. The molecule has 0 bridgehead atoms. The van der Waals surface area contributed by atoms with E-state index in [9.17, 15) is 4.79 Å². The zero-order valence-corrected chi connectivity index (χ0v) is 11.5. The third-order valence-corrected chi connectivity index (χ3v) is 3.01. The predicted octanol–water partition coefficient (Wildman–Crippen LogP) is 1.35. The van der Waals surface area contributed by atoms with Gasteiger partial charge >= 0.3 is 0 Å². The molecule has 6 heteroatoms. The predicted molar refractivity (Wildman–Crippen MR) is 81.5 cm³/mol. The molecule has 106 valence electrons. The second kappa shape index (κ2) is 6.10. The van der Waals surface area contributed by atoms with Gasteiger partial charge in [0.1, 0.15) is 5.69 Å². The summed E-state index contributed by atoms with van der Waals surface area (Å²) in [5, 5.41) is 0. The standard InChI is InChI=1S/C14H19N5O/c1-2-7-19(8-10-3-5-11(15)6-4-10)13-12(16)14(20)18-9-17-13/h3-6,9H,2,7-8,15-16H2,1H3,(H,17,18,20). The minimum Gasteiger partial charge on any atom is -0.399 e. The van der Waals surface area contributed by atoms with Gasteiger partial charge in [0.2, 0.25) is 0 Å². The van der Waals surface area contributed by atoms with Crippen molar-refractivity contribution in [2.75, 3.05) is 22.9 Å². The number of nitrogens with zero attached hydrogens (tertiary/aromatic N) is 2. The number of hydrogen-bond donors (Lipinski definition) is 3. The lowest BCUT2D eigenvalue weighted by Gasteiger charge is -2.24. The molecular weight excluding hydrogens is 254 g/mol. The number of rotatable bonds is 5. The van der Waals surface area contributed by atoms with Crippen LogP contribution in [0.4, 0.5) is 17.2 Å². The van der Waals surface area contributed by atoms with Crippen molar-refractivity contribution in [2.45, 2.75) is 19.9 Å². The molecule has 0 spiro atoms. The van der Waals surface area contributed by atoms with Crippen LogP contribution in [0, 0.1) is 0 Å². The van der Waals surface area contributed by atoms with E-state index in [2.05, 4.69) is 16.9 Å². The molecule has 1 heterocycles. The fourth-order valence-corrected chi connectivity index (χ4v) is 2.03. The van der Waals surface area contributed by atoms with Gasteiger partial charge in [-0.05, 0) is 24.1 Å². The zero-order chi connectivity index (χ0) is 14.5. The van der Waals surface area contributed by atoms with E-state index in [1.165, 1.54) is 6.33 Å². The van der Waals surface area contributed by atoms with Crippen molar-refractivity contribution in [1.29, 1.82) is 0 Å². The second-order valence-corrected chi connectivity index (χ2v) is 4.63. The molecule has 20 heavy (non-hydrogen) atoms. The van der Waals surface area contributed by atoms with E-state index in [1.807, 2.05) is 29.2 Å². The number of hydrogen-bond acceptors (Lipinski definition) is 5. The highest BCUT2D eigenvalue weighted by atomic mass is 16.1. The molecule has 0 aliphatic rings. The largest absolute Gasteiger partial charge is 0.399 e. The van der Waals surface area contributed by atoms with Crippen molar-refractivity contribution in [1.82, 2.24) is 9.97 Å². The summed E-state index contributed by atoms with van der Waals surface area (Å²) in [4.78, 5) is 20.2. The van der Waals surface area contributed by atoms with Gasteiger partial charge < -0.3 is 21.4 Å². The molecule has 1 aromatic carbocycles. The van der Waals surface area contributed by atoms with Crippen LogP contribution in [0.1, 0.15) is 18.9 Å². The zero-order valence-electron chi connectivity index (χ0n) is 11.5. The molecule has 2 aromatic rings. The van der Waals surface area contributed by atoms with Crippen molar-refractivity contribution in [3.63, 3.8) is 0 Å². The molecule has 0 saturated carbocycles. The highest BCUT2D eigenvalue weighted by Gasteiger charge is 2.13. The van der Waals surface area contributed by atoms with Crippen LogP contribution in [-0.2, 0) is 6.54 Å². The monoisotopic (exact) mass is 273 g/mol. The molecule has 0 unspecified atom stereocenters. The van der Waals surface area contributed by atoms with E-state index < -0.39 is 0 Å². The highest BCUT2D eigenvalue weighted by Crippen LogP contribution is 2.19. The van der Waals surface area contributed by atoms with Gasteiger partial charge in [0.05, 0.1) is 6.33 Å². The highest BCUT2D eigenvalue weighted by molar-refractivity contribution is 5.61. The van der Waals surface area contributed by atoms with Gasteiger partial charge in [0, 0.05) is 18.8 Å². The minimum atomic E-state index is -0.312. The van der Waals surface area contributed by atoms with Crippen LogP contribution in [0.2, 0.25) is 0 Å². The molecule has 5 N–H and O–H groups in total. The Morgan fingerprint density at radius 3 is 2.60 bits per heavy atom. The first-order chi connectivity index (χ1) is 9.61. The molecule has 0 radical (unpaired) electrons. The Kier molecular flexibility index (Phi) is 4.24. The smallest absolute Gasteiger partial charge is 0.276 e. The lowest BCUT2D eigenvalue weighted by molar-refractivity contribution is 0.753. The summed E-state index contributed by atoms with van der Waals surface area (Å²) >= 11 is 0. The van der Waals surface area contributed by atoms with Gasteiger partial charge in [-0.1, -0.05) is 19.1 Å². The molecule has 2 rings (SSSR count). The summed E-state index contributed by atoms with van der Waals surface area (Å²) in [5.41, 5.74) is 13.2. The molecular formula is C14H19N5O. The number of H-pyrrole nitrogens is 1. The molecule has 0 saturated heterocycles. The van der Waals surface area contributed by atoms with Crippen LogP contribution in [0.3, 0.4) is 0 Å². The SMILES string of the molecule is CCCN(Cc1ccc(N)cc1)c1nc[nH]c(=O)c1N. The van der Waals surface area contributed by atoms with Gasteiger partial charge in [-0.25, -0.2) is 4.98 Å². The number of anilines is 3. The first kappa shape index (κ1) is 13.9. The maximum atomic E-state index is 11.6. The van der Waals surface area contributed by atoms with Crippen LogP contribution in [0.25, 0.3) is 0 Å². The van der Waals surface area contributed by atoms with Crippen LogP contribution in [-0.4, -0.2) is 16.5 Å². The van der Waals surface area contributed by atoms with E-state index in [4.69, 9.17) is 11.5 Å². The van der Waals surface area contributed by atoms with E-state index in [0.717, 1.165) is 24.2 Å². The van der Waals surface area contributed by atoms with Gasteiger partial charge in [0.25, 0.3) is 5.56 Å². The van der Waals surface area contributed by atoms with Crippen LogP contribution >= 0.6 is 0 Å². The molecule has 0 aliphatic heterocycles. The van der Waals surface area contributed by atoms with Crippen molar-refractivity contribution >= 4 is 17.2 Å². The Bertz CT molecular complexity index is 620. The quantitative estimate of drug-likeness (QED) is 0.714. The summed E-state index contributed by atoms with van der Waals surface area (Å²) in [6.07, 6.45) is 2.31. The summed E-state index contributed by atoms with van der Waals surface area (Å²) in [6, 6.07) is 7.63. The van der Waals surface area contributed by atoms with Crippen molar-refractivity contribution in [3.05, 3.63) is 46.5 Å². The normalized spacial score (nSPS) is 10.4. The van der Waals surface area contributed by atoms with E-state index in [1.54, 1.807) is 0 Å². The average Bonchev–Trinajstić information content (AvgIpc) is 2.44. The Balaban J connectivity index is 2.29.